The predicted octanol–water partition coefficient (Wildman–Crippen LogP) is 4.43. The molecule has 0 aromatic rings. The van der Waals surface area contributed by atoms with Crippen molar-refractivity contribution < 1.29 is 15.3 Å². The number of hydrogen-bond acceptors (Lipinski definition) is 4. The van der Waals surface area contributed by atoms with Gasteiger partial charge in [-0.05, 0) is 76.6 Å². The van der Waals surface area contributed by atoms with Gasteiger partial charge in [-0.15, -0.1) is 0 Å². The smallest absolute Gasteiger partial charge is 0.0911 e. The summed E-state index contributed by atoms with van der Waals surface area (Å²) in [6.45, 7) is 1.15. The van der Waals surface area contributed by atoms with Crippen molar-refractivity contribution in [3.8, 4) is 0 Å². The van der Waals surface area contributed by atoms with Crippen LogP contribution in [0.25, 0.3) is 0 Å². The topological polar surface area (TPSA) is 63.9 Å². The van der Waals surface area contributed by atoms with Gasteiger partial charge in [0.05, 0.1) is 18.0 Å². The molecular weight excluding hydrogens is 350 g/mol. The normalized spacial score (nSPS) is 32.2. The summed E-state index contributed by atoms with van der Waals surface area (Å²) in [7, 11) is 4.24. The zero-order valence-corrected chi connectivity index (χ0v) is 17.9. The van der Waals surface area contributed by atoms with Gasteiger partial charge in [0.15, 0.2) is 0 Å². The quantitative estimate of drug-likeness (QED) is 0.293. The first-order valence-corrected chi connectivity index (χ1v) is 11.5. The molecule has 2 fully saturated rings. The van der Waals surface area contributed by atoms with E-state index < -0.39 is 12.2 Å². The molecule has 4 nitrogen and oxygen atoms in total. The van der Waals surface area contributed by atoms with Gasteiger partial charge in [0.1, 0.15) is 0 Å². The zero-order valence-electron chi connectivity index (χ0n) is 17.9. The third kappa shape index (κ3) is 5.84. The van der Waals surface area contributed by atoms with Gasteiger partial charge in [-0.1, -0.05) is 43.8 Å². The molecular formula is C24H41NO3. The van der Waals surface area contributed by atoms with Crippen LogP contribution >= 0.6 is 0 Å². The molecule has 0 amide bonds. The molecule has 5 atom stereocenters. The number of aliphatic hydroxyl groups excluding tert-OH is 3. The highest BCUT2D eigenvalue weighted by Crippen LogP contribution is 2.49. The highest BCUT2D eigenvalue weighted by atomic mass is 16.3. The number of hydrogen-bond donors (Lipinski definition) is 3. The third-order valence-electron chi connectivity index (χ3n) is 7.28. The summed E-state index contributed by atoms with van der Waals surface area (Å²) in [6, 6.07) is 0. The molecule has 2 saturated carbocycles. The predicted molar refractivity (Wildman–Crippen MR) is 114 cm³/mol. The Morgan fingerprint density at radius 1 is 1.21 bits per heavy atom. The van der Waals surface area contributed by atoms with Gasteiger partial charge in [-0.2, -0.15) is 0 Å². The zero-order chi connectivity index (χ0) is 20.1. The lowest BCUT2D eigenvalue weighted by Gasteiger charge is -2.25. The van der Waals surface area contributed by atoms with E-state index in [4.69, 9.17) is 0 Å². The molecule has 4 heteroatoms. The second kappa shape index (κ2) is 10.3. The lowest BCUT2D eigenvalue weighted by molar-refractivity contribution is 0.0351. The molecule has 0 aromatic heterocycles. The first-order chi connectivity index (χ1) is 13.4. The Bertz CT molecular complexity index is 550. The minimum absolute atomic E-state index is 0.141. The summed E-state index contributed by atoms with van der Waals surface area (Å²) in [4.78, 5) is 2.24. The molecule has 0 saturated heterocycles. The summed E-state index contributed by atoms with van der Waals surface area (Å²) >= 11 is 0. The van der Waals surface area contributed by atoms with Crippen LogP contribution in [0.5, 0.6) is 0 Å². The van der Waals surface area contributed by atoms with E-state index in [0.717, 1.165) is 25.8 Å². The highest BCUT2D eigenvalue weighted by molar-refractivity contribution is 5.20. The molecule has 3 aliphatic rings. The molecule has 3 aliphatic carbocycles. The Hall–Kier alpha value is -0.840. The van der Waals surface area contributed by atoms with E-state index in [9.17, 15) is 15.3 Å². The van der Waals surface area contributed by atoms with Crippen molar-refractivity contribution >= 4 is 0 Å². The van der Waals surface area contributed by atoms with E-state index in [1.807, 2.05) is 0 Å². The van der Waals surface area contributed by atoms with E-state index in [0.29, 0.717) is 29.9 Å². The van der Waals surface area contributed by atoms with Crippen LogP contribution < -0.4 is 0 Å². The van der Waals surface area contributed by atoms with Gasteiger partial charge in [0, 0.05) is 12.3 Å². The van der Waals surface area contributed by atoms with Crippen molar-refractivity contribution in [3.05, 3.63) is 23.5 Å². The van der Waals surface area contributed by atoms with Gasteiger partial charge in [0.2, 0.25) is 0 Å². The summed E-state index contributed by atoms with van der Waals surface area (Å²) in [5, 5.41) is 31.6. The number of nitrogens with zero attached hydrogens (tertiary/aromatic N) is 1. The first-order valence-electron chi connectivity index (χ1n) is 11.5. The van der Waals surface area contributed by atoms with Gasteiger partial charge in [-0.25, -0.2) is 0 Å². The van der Waals surface area contributed by atoms with E-state index >= 15 is 0 Å². The van der Waals surface area contributed by atoms with E-state index in [1.165, 1.54) is 50.5 Å². The average Bonchev–Trinajstić information content (AvgIpc) is 3.30. The van der Waals surface area contributed by atoms with Crippen molar-refractivity contribution in [1.29, 1.82) is 0 Å². The van der Waals surface area contributed by atoms with Crippen LogP contribution in [0, 0.1) is 23.7 Å². The van der Waals surface area contributed by atoms with Crippen LogP contribution in [-0.2, 0) is 0 Å². The molecule has 28 heavy (non-hydrogen) atoms. The molecule has 0 radical (unpaired) electrons. The molecule has 3 rings (SSSR count). The van der Waals surface area contributed by atoms with Crippen LogP contribution in [0.1, 0.15) is 70.6 Å². The Labute approximate surface area is 171 Å². The van der Waals surface area contributed by atoms with Crippen LogP contribution in [0.2, 0.25) is 0 Å². The number of allylic oxidation sites excluding steroid dienone is 3. The minimum Gasteiger partial charge on any atom is -0.513 e. The third-order valence-corrected chi connectivity index (χ3v) is 7.28. The second-order valence-electron chi connectivity index (χ2n) is 9.85. The molecule has 1 unspecified atom stereocenters. The monoisotopic (exact) mass is 391 g/mol. The Morgan fingerprint density at radius 3 is 2.68 bits per heavy atom. The summed E-state index contributed by atoms with van der Waals surface area (Å²) in [6.07, 6.45) is 15.1. The maximum Gasteiger partial charge on any atom is 0.0911 e. The SMILES string of the molecule is CN(C)CCCCCC1=C[C@@H]2C[C@@H](O)[C@H](C(O)C=C(O)CC3CCCC3)[C@H]2C1. The standard InChI is InChI=1S/C24H41NO3/c1-25(2)11-7-3-4-10-18-12-19-15-22(27)24(21(19)14-18)23(28)16-20(26)13-17-8-5-6-9-17/h12,16-17,19,21-24,26-28H,3-11,13-15H2,1-2H3/t19-,21+,22-,23?,24-/m1/s1. The number of aliphatic hydroxyl groups is 3. The maximum atomic E-state index is 10.8. The van der Waals surface area contributed by atoms with Crippen molar-refractivity contribution in [2.24, 2.45) is 23.7 Å². The lowest BCUT2D eigenvalue weighted by atomic mass is 9.84. The minimum atomic E-state index is -0.737. The maximum absolute atomic E-state index is 10.8. The van der Waals surface area contributed by atoms with Crippen LogP contribution in [0.3, 0.4) is 0 Å². The Morgan fingerprint density at radius 2 is 1.96 bits per heavy atom. The van der Waals surface area contributed by atoms with Crippen molar-refractivity contribution in [2.45, 2.75) is 82.8 Å². The van der Waals surface area contributed by atoms with Crippen LogP contribution in [0.15, 0.2) is 23.5 Å². The molecule has 0 aromatic carbocycles. The van der Waals surface area contributed by atoms with Gasteiger partial charge < -0.3 is 20.2 Å². The highest BCUT2D eigenvalue weighted by Gasteiger charge is 2.47. The van der Waals surface area contributed by atoms with Crippen molar-refractivity contribution in [3.63, 3.8) is 0 Å². The molecule has 0 aliphatic heterocycles. The number of unbranched alkanes of at least 4 members (excludes halogenated alkanes) is 2. The Balaban J connectivity index is 1.47. The summed E-state index contributed by atoms with van der Waals surface area (Å²) < 4.78 is 0. The second-order valence-corrected chi connectivity index (χ2v) is 9.85. The fraction of sp³-hybridized carbons (Fsp3) is 0.833. The Kier molecular flexibility index (Phi) is 8.02. The van der Waals surface area contributed by atoms with Crippen LogP contribution in [0.4, 0.5) is 0 Å². The first kappa shape index (κ1) is 21.9. The fourth-order valence-corrected chi connectivity index (χ4v) is 5.84. The fourth-order valence-electron chi connectivity index (χ4n) is 5.84. The number of fused-ring (bicyclic) bond motifs is 1. The van der Waals surface area contributed by atoms with Crippen molar-refractivity contribution in [1.82, 2.24) is 4.90 Å². The average molecular weight is 392 g/mol. The molecule has 0 heterocycles. The van der Waals surface area contributed by atoms with E-state index in [2.05, 4.69) is 25.1 Å². The van der Waals surface area contributed by atoms with Gasteiger partial charge >= 0.3 is 0 Å². The van der Waals surface area contributed by atoms with E-state index in [1.54, 1.807) is 6.08 Å². The largest absolute Gasteiger partial charge is 0.513 e. The van der Waals surface area contributed by atoms with Gasteiger partial charge in [-0.3, -0.25) is 0 Å². The van der Waals surface area contributed by atoms with Crippen molar-refractivity contribution in [2.75, 3.05) is 20.6 Å². The number of rotatable bonds is 10. The molecule has 0 spiro atoms. The lowest BCUT2D eigenvalue weighted by Crippen LogP contribution is -2.31. The van der Waals surface area contributed by atoms with Crippen LogP contribution in [-0.4, -0.2) is 53.1 Å². The van der Waals surface area contributed by atoms with E-state index in [-0.39, 0.29) is 5.92 Å². The van der Waals surface area contributed by atoms with Gasteiger partial charge in [0.25, 0.3) is 0 Å². The summed E-state index contributed by atoms with van der Waals surface area (Å²) in [5.74, 6) is 1.48. The molecule has 160 valence electrons. The molecule has 3 N–H and O–H groups in total. The molecule has 0 bridgehead atoms. The summed E-state index contributed by atoms with van der Waals surface area (Å²) in [5.41, 5.74) is 1.52.